The number of fused-ring (bicyclic) bond motifs is 1. The Labute approximate surface area is 123 Å². The number of nitrogens with one attached hydrogen (secondary N) is 1. The Hall–Kier alpha value is -1.92. The summed E-state index contributed by atoms with van der Waals surface area (Å²) in [5.41, 5.74) is 0.481. The van der Waals surface area contributed by atoms with Crippen LogP contribution in [-0.4, -0.2) is 34.5 Å². The van der Waals surface area contributed by atoms with Crippen molar-refractivity contribution in [1.29, 1.82) is 0 Å². The van der Waals surface area contributed by atoms with E-state index in [1.807, 2.05) is 6.92 Å². The molecule has 7 heteroatoms. The molecule has 0 amide bonds. The minimum atomic E-state index is -0.353. The highest BCUT2D eigenvalue weighted by molar-refractivity contribution is 5.63. The quantitative estimate of drug-likeness (QED) is 0.677. The fraction of sp³-hybridized carbons (Fsp3) is 0.714. The lowest BCUT2D eigenvalue weighted by atomic mass is 10.0. The number of aryl methyl sites for hydroxylation is 1. The van der Waals surface area contributed by atoms with Gasteiger partial charge in [-0.15, -0.1) is 0 Å². The molecule has 0 aromatic carbocycles. The molecule has 2 heterocycles. The Balaban J connectivity index is 1.97. The molecule has 2 unspecified atom stereocenters. The molecule has 2 atom stereocenters. The lowest BCUT2D eigenvalue weighted by Crippen LogP contribution is -2.24. The van der Waals surface area contributed by atoms with Gasteiger partial charge in [0.2, 0.25) is 11.8 Å². The number of rotatable bonds is 4. The Bertz CT molecular complexity index is 551. The highest BCUT2D eigenvalue weighted by Crippen LogP contribution is 2.41. The van der Waals surface area contributed by atoms with Gasteiger partial charge in [-0.05, 0) is 38.5 Å². The van der Waals surface area contributed by atoms with Crippen LogP contribution in [0.3, 0.4) is 0 Å². The zero-order valence-corrected chi connectivity index (χ0v) is 12.5. The van der Waals surface area contributed by atoms with E-state index in [1.165, 1.54) is 19.3 Å². The van der Waals surface area contributed by atoms with Crippen LogP contribution in [-0.2, 0) is 0 Å². The van der Waals surface area contributed by atoms with Crippen molar-refractivity contribution in [2.75, 3.05) is 29.9 Å². The molecule has 1 saturated carbocycles. The number of nitrogens with zero attached hydrogens (tertiary/aromatic N) is 4. The second-order valence-electron chi connectivity index (χ2n) is 5.95. The molecule has 1 aromatic heterocycles. The summed E-state index contributed by atoms with van der Waals surface area (Å²) in [6.07, 6.45) is 3.76. The van der Waals surface area contributed by atoms with Crippen molar-refractivity contribution in [1.82, 2.24) is 9.97 Å². The van der Waals surface area contributed by atoms with Gasteiger partial charge in [0.1, 0.15) is 5.69 Å². The Morgan fingerprint density at radius 3 is 2.57 bits per heavy atom. The number of nitro groups is 1. The van der Waals surface area contributed by atoms with Gasteiger partial charge in [-0.25, -0.2) is 4.98 Å². The average molecular weight is 291 g/mol. The number of hydrogen-bond acceptors (Lipinski definition) is 6. The standard InChI is InChI=1S/C14H21N5O2/c1-3-15-14-16-9(2)12(19(20)21)13(17-14)18-7-10-5-4-6-11(10)8-18/h10-11H,3-8H2,1-2H3,(H,15,16,17). The average Bonchev–Trinajstić information content (AvgIpc) is 2.98. The second kappa shape index (κ2) is 5.46. The van der Waals surface area contributed by atoms with Crippen LogP contribution in [0.2, 0.25) is 0 Å². The van der Waals surface area contributed by atoms with E-state index < -0.39 is 0 Å². The van der Waals surface area contributed by atoms with E-state index in [9.17, 15) is 10.1 Å². The van der Waals surface area contributed by atoms with E-state index in [4.69, 9.17) is 0 Å². The summed E-state index contributed by atoms with van der Waals surface area (Å²) in [4.78, 5) is 21.7. The van der Waals surface area contributed by atoms with Crippen LogP contribution in [0.1, 0.15) is 31.9 Å². The van der Waals surface area contributed by atoms with E-state index >= 15 is 0 Å². The first kappa shape index (κ1) is 14.0. The van der Waals surface area contributed by atoms with Gasteiger partial charge in [-0.2, -0.15) is 4.98 Å². The molecule has 1 aliphatic heterocycles. The maximum atomic E-state index is 11.4. The molecule has 2 fully saturated rings. The van der Waals surface area contributed by atoms with Gasteiger partial charge in [0.25, 0.3) is 0 Å². The van der Waals surface area contributed by atoms with Crippen LogP contribution >= 0.6 is 0 Å². The summed E-state index contributed by atoms with van der Waals surface area (Å²) >= 11 is 0. The summed E-state index contributed by atoms with van der Waals surface area (Å²) in [6.45, 7) is 6.10. The largest absolute Gasteiger partial charge is 0.354 e. The van der Waals surface area contributed by atoms with Gasteiger partial charge in [0.05, 0.1) is 4.92 Å². The van der Waals surface area contributed by atoms with Crippen LogP contribution in [0.25, 0.3) is 0 Å². The fourth-order valence-corrected chi connectivity index (χ4v) is 3.63. The SMILES string of the molecule is CCNc1nc(C)c([N+](=O)[O-])c(N2CC3CCCC3C2)n1. The summed E-state index contributed by atoms with van der Waals surface area (Å²) in [7, 11) is 0. The molecule has 0 bridgehead atoms. The molecule has 2 aliphatic rings. The predicted octanol–water partition coefficient (Wildman–Crippen LogP) is 2.36. The minimum Gasteiger partial charge on any atom is -0.354 e. The van der Waals surface area contributed by atoms with Gasteiger partial charge < -0.3 is 10.2 Å². The maximum Gasteiger partial charge on any atom is 0.332 e. The van der Waals surface area contributed by atoms with E-state index in [-0.39, 0.29) is 10.6 Å². The van der Waals surface area contributed by atoms with E-state index in [2.05, 4.69) is 20.2 Å². The van der Waals surface area contributed by atoms with Gasteiger partial charge in [-0.1, -0.05) is 6.42 Å². The lowest BCUT2D eigenvalue weighted by Gasteiger charge is -2.19. The number of aromatic nitrogens is 2. The van der Waals surface area contributed by atoms with Crippen molar-refractivity contribution in [3.63, 3.8) is 0 Å². The van der Waals surface area contributed by atoms with Crippen LogP contribution in [0.5, 0.6) is 0 Å². The molecule has 0 spiro atoms. The van der Waals surface area contributed by atoms with Crippen LogP contribution in [0.15, 0.2) is 0 Å². The third-order valence-corrected chi connectivity index (χ3v) is 4.58. The second-order valence-corrected chi connectivity index (χ2v) is 5.95. The van der Waals surface area contributed by atoms with Gasteiger partial charge in [-0.3, -0.25) is 10.1 Å². The Kier molecular flexibility index (Phi) is 3.65. The number of hydrogen-bond donors (Lipinski definition) is 1. The first-order valence-electron chi connectivity index (χ1n) is 7.62. The summed E-state index contributed by atoms with van der Waals surface area (Å²) in [5.74, 6) is 2.30. The molecule has 21 heavy (non-hydrogen) atoms. The lowest BCUT2D eigenvalue weighted by molar-refractivity contribution is -0.385. The smallest absolute Gasteiger partial charge is 0.332 e. The van der Waals surface area contributed by atoms with E-state index in [0.717, 1.165) is 13.1 Å². The molecule has 7 nitrogen and oxygen atoms in total. The third-order valence-electron chi connectivity index (χ3n) is 4.58. The van der Waals surface area contributed by atoms with Crippen LogP contribution in [0, 0.1) is 28.9 Å². The molecule has 114 valence electrons. The maximum absolute atomic E-state index is 11.4. The van der Waals surface area contributed by atoms with Crippen molar-refractivity contribution in [3.05, 3.63) is 15.8 Å². The Morgan fingerprint density at radius 1 is 1.33 bits per heavy atom. The molecule has 0 radical (unpaired) electrons. The zero-order chi connectivity index (χ0) is 15.0. The number of anilines is 2. The van der Waals surface area contributed by atoms with Crippen molar-refractivity contribution in [2.45, 2.75) is 33.1 Å². The molecule has 3 rings (SSSR count). The normalized spacial score (nSPS) is 24.2. The molecular weight excluding hydrogens is 270 g/mol. The molecule has 1 saturated heterocycles. The van der Waals surface area contributed by atoms with Gasteiger partial charge in [0.15, 0.2) is 0 Å². The van der Waals surface area contributed by atoms with E-state index in [0.29, 0.717) is 35.8 Å². The molecule has 1 aliphatic carbocycles. The van der Waals surface area contributed by atoms with Crippen LogP contribution in [0.4, 0.5) is 17.5 Å². The fourth-order valence-electron chi connectivity index (χ4n) is 3.63. The van der Waals surface area contributed by atoms with Crippen molar-refractivity contribution >= 4 is 17.5 Å². The van der Waals surface area contributed by atoms with Crippen molar-refractivity contribution in [3.8, 4) is 0 Å². The van der Waals surface area contributed by atoms with Gasteiger partial charge in [0, 0.05) is 19.6 Å². The monoisotopic (exact) mass is 291 g/mol. The molecule has 1 N–H and O–H groups in total. The molecule has 1 aromatic rings. The van der Waals surface area contributed by atoms with E-state index in [1.54, 1.807) is 6.92 Å². The summed E-state index contributed by atoms with van der Waals surface area (Å²) in [5, 5.41) is 14.5. The Morgan fingerprint density at radius 2 is 2.00 bits per heavy atom. The van der Waals surface area contributed by atoms with Crippen LogP contribution < -0.4 is 10.2 Å². The topological polar surface area (TPSA) is 84.2 Å². The summed E-state index contributed by atoms with van der Waals surface area (Å²) < 4.78 is 0. The minimum absolute atomic E-state index is 0.0524. The summed E-state index contributed by atoms with van der Waals surface area (Å²) in [6, 6.07) is 0. The van der Waals surface area contributed by atoms with Gasteiger partial charge >= 0.3 is 5.69 Å². The first-order chi connectivity index (χ1) is 10.1. The zero-order valence-electron chi connectivity index (χ0n) is 12.5. The highest BCUT2D eigenvalue weighted by atomic mass is 16.6. The van der Waals surface area contributed by atoms with Crippen molar-refractivity contribution in [2.24, 2.45) is 11.8 Å². The predicted molar refractivity (Wildman–Crippen MR) is 80.6 cm³/mol. The van der Waals surface area contributed by atoms with Crippen molar-refractivity contribution < 1.29 is 4.92 Å². The molecular formula is C14H21N5O2. The first-order valence-corrected chi connectivity index (χ1v) is 7.62. The third kappa shape index (κ3) is 2.52. The highest BCUT2D eigenvalue weighted by Gasteiger charge is 2.39.